The molecule has 0 spiro atoms. The fourth-order valence-corrected chi connectivity index (χ4v) is 0.337. The maximum atomic E-state index is 9.76. The summed E-state index contributed by atoms with van der Waals surface area (Å²) in [5.41, 5.74) is 0. The Labute approximate surface area is 75.7 Å². The van der Waals surface area contributed by atoms with Crippen molar-refractivity contribution in [1.82, 2.24) is 0 Å². The average Bonchev–Trinajstić information content (AvgIpc) is 1.66. The zero-order valence-electron chi connectivity index (χ0n) is 4.46. The van der Waals surface area contributed by atoms with Crippen LogP contribution >= 0.6 is 0 Å². The van der Waals surface area contributed by atoms with E-state index in [2.05, 4.69) is 0 Å². The van der Waals surface area contributed by atoms with Gasteiger partial charge in [0.15, 0.2) is 0 Å². The van der Waals surface area contributed by atoms with Crippen LogP contribution in [0.4, 0.5) is 0 Å². The number of aldehydes is 1. The van der Waals surface area contributed by atoms with E-state index in [-0.39, 0.29) is 36.0 Å². The second-order valence-electron chi connectivity index (χ2n) is 1.45. The van der Waals surface area contributed by atoms with Crippen LogP contribution in [0.3, 0.4) is 0 Å². The average molecular weight is 140 g/mol. The van der Waals surface area contributed by atoms with Crippen LogP contribution in [-0.2, 0) is 9.59 Å². The van der Waals surface area contributed by atoms with Gasteiger partial charge >= 0.3 is 35.5 Å². The topological polar surface area (TPSA) is 54.4 Å². The van der Waals surface area contributed by atoms with Gasteiger partial charge in [0.05, 0.1) is 0 Å². The Bertz CT molecular complexity index is 92.2. The number of carbonyl (C=O) groups is 2. The zero-order chi connectivity index (χ0) is 6.41. The van der Waals surface area contributed by atoms with Crippen LogP contribution in [0.2, 0.25) is 0 Å². The van der Waals surface area contributed by atoms with Crippen LogP contribution < -0.4 is 0 Å². The van der Waals surface area contributed by atoms with E-state index >= 15 is 0 Å². The number of hydrogen-bond acceptors (Lipinski definition) is 2. The van der Waals surface area contributed by atoms with Gasteiger partial charge in [-0.25, -0.2) is 0 Å². The standard InChI is InChI=1S/C5H8O3.Na.H/c6-4-2-1-3-5(7)8;;/h4H,1-3H2,(H,7,8);;. The summed E-state index contributed by atoms with van der Waals surface area (Å²) in [6.07, 6.45) is 1.63. The van der Waals surface area contributed by atoms with Gasteiger partial charge in [-0.1, -0.05) is 0 Å². The van der Waals surface area contributed by atoms with Crippen LogP contribution in [0, 0.1) is 0 Å². The molecule has 9 heavy (non-hydrogen) atoms. The number of hydrogen-bond donors (Lipinski definition) is 1. The van der Waals surface area contributed by atoms with Crippen molar-refractivity contribution in [3.05, 3.63) is 0 Å². The number of aliphatic carboxylic acids is 1. The zero-order valence-corrected chi connectivity index (χ0v) is 4.46. The van der Waals surface area contributed by atoms with E-state index < -0.39 is 5.97 Å². The van der Waals surface area contributed by atoms with Gasteiger partial charge in [0.25, 0.3) is 0 Å². The van der Waals surface area contributed by atoms with Crippen molar-refractivity contribution in [2.75, 3.05) is 0 Å². The van der Waals surface area contributed by atoms with Gasteiger partial charge < -0.3 is 9.90 Å². The summed E-state index contributed by atoms with van der Waals surface area (Å²) in [6.45, 7) is 0. The quantitative estimate of drug-likeness (QED) is 0.334. The van der Waals surface area contributed by atoms with Crippen molar-refractivity contribution in [3.8, 4) is 0 Å². The summed E-state index contributed by atoms with van der Waals surface area (Å²) in [5, 5.41) is 8.02. The first kappa shape index (κ1) is 11.9. The predicted molar refractivity (Wildman–Crippen MR) is 34.7 cm³/mol. The molecule has 0 aromatic carbocycles. The van der Waals surface area contributed by atoms with Gasteiger partial charge in [-0.3, -0.25) is 4.79 Å². The molecule has 0 aliphatic rings. The van der Waals surface area contributed by atoms with Gasteiger partial charge in [-0.05, 0) is 6.42 Å². The Balaban J connectivity index is 0. The first-order valence-corrected chi connectivity index (χ1v) is 2.43. The minimum absolute atomic E-state index is 0. The molecule has 0 fully saturated rings. The molecule has 0 aromatic rings. The van der Waals surface area contributed by atoms with Crippen molar-refractivity contribution in [1.29, 1.82) is 0 Å². The van der Waals surface area contributed by atoms with Crippen molar-refractivity contribution < 1.29 is 14.7 Å². The molecule has 1 N–H and O–H groups in total. The number of carboxylic acid groups (broad SMARTS) is 1. The first-order valence-electron chi connectivity index (χ1n) is 2.43. The Hall–Kier alpha value is 0.140. The number of rotatable bonds is 4. The molecule has 3 nitrogen and oxygen atoms in total. The molecule has 0 heterocycles. The number of carbonyl (C=O) groups excluding carboxylic acids is 1. The van der Waals surface area contributed by atoms with Crippen LogP contribution in [-0.4, -0.2) is 46.9 Å². The Kier molecular flexibility index (Phi) is 10.7. The summed E-state index contributed by atoms with van der Waals surface area (Å²) in [7, 11) is 0. The summed E-state index contributed by atoms with van der Waals surface area (Å²) in [4.78, 5) is 19.4. The number of unbranched alkanes of at least 4 members (excludes halogenated alkanes) is 1. The summed E-state index contributed by atoms with van der Waals surface area (Å²) in [5.74, 6) is -0.841. The van der Waals surface area contributed by atoms with E-state index in [1.54, 1.807) is 0 Å². The van der Waals surface area contributed by atoms with E-state index in [9.17, 15) is 9.59 Å². The Morgan fingerprint density at radius 3 is 2.44 bits per heavy atom. The van der Waals surface area contributed by atoms with Crippen molar-refractivity contribution in [3.63, 3.8) is 0 Å². The SMILES string of the molecule is O=CCCCC(=O)O.[NaH]. The van der Waals surface area contributed by atoms with E-state index in [4.69, 9.17) is 5.11 Å². The van der Waals surface area contributed by atoms with Crippen molar-refractivity contribution in [2.45, 2.75) is 19.3 Å². The molecule has 4 heteroatoms. The monoisotopic (exact) mass is 140 g/mol. The van der Waals surface area contributed by atoms with Crippen LogP contribution in [0.1, 0.15) is 19.3 Å². The third-order valence-corrected chi connectivity index (χ3v) is 0.713. The van der Waals surface area contributed by atoms with Gasteiger partial charge in [0.1, 0.15) is 6.29 Å². The van der Waals surface area contributed by atoms with Gasteiger partial charge in [0.2, 0.25) is 0 Å². The fourth-order valence-electron chi connectivity index (χ4n) is 0.337. The molecule has 0 atom stereocenters. The molecule has 0 rings (SSSR count). The first-order chi connectivity index (χ1) is 3.77. The summed E-state index contributed by atoms with van der Waals surface area (Å²) < 4.78 is 0. The molecule has 0 bridgehead atoms. The molecule has 48 valence electrons. The Morgan fingerprint density at radius 1 is 1.56 bits per heavy atom. The molecule has 0 saturated carbocycles. The molecular formula is C5H9NaO3. The molecule has 0 unspecified atom stereocenters. The molecule has 0 radical (unpaired) electrons. The summed E-state index contributed by atoms with van der Waals surface area (Å²) >= 11 is 0. The third-order valence-electron chi connectivity index (χ3n) is 0.713. The fraction of sp³-hybridized carbons (Fsp3) is 0.600. The van der Waals surface area contributed by atoms with Crippen molar-refractivity contribution in [2.24, 2.45) is 0 Å². The van der Waals surface area contributed by atoms with E-state index in [0.29, 0.717) is 12.8 Å². The normalized spacial score (nSPS) is 7.56. The molecule has 0 aliphatic carbocycles. The predicted octanol–water partition coefficient (Wildman–Crippen LogP) is -0.208. The van der Waals surface area contributed by atoms with E-state index in [1.807, 2.05) is 0 Å². The molecule has 0 amide bonds. The second-order valence-corrected chi connectivity index (χ2v) is 1.45. The molecule has 0 saturated heterocycles. The third kappa shape index (κ3) is 11.6. The number of carboxylic acids is 1. The second kappa shape index (κ2) is 8.14. The van der Waals surface area contributed by atoms with Crippen LogP contribution in [0.5, 0.6) is 0 Å². The van der Waals surface area contributed by atoms with Gasteiger partial charge in [-0.2, -0.15) is 0 Å². The van der Waals surface area contributed by atoms with Crippen molar-refractivity contribution >= 4 is 41.8 Å². The molecule has 0 aliphatic heterocycles. The maximum absolute atomic E-state index is 9.76. The molecule has 0 aromatic heterocycles. The van der Waals surface area contributed by atoms with Crippen LogP contribution in [0.15, 0.2) is 0 Å². The van der Waals surface area contributed by atoms with Gasteiger partial charge in [0, 0.05) is 12.8 Å². The van der Waals surface area contributed by atoms with E-state index in [1.165, 1.54) is 0 Å². The Morgan fingerprint density at radius 2 is 2.11 bits per heavy atom. The molecular weight excluding hydrogens is 131 g/mol. The van der Waals surface area contributed by atoms with Gasteiger partial charge in [-0.15, -0.1) is 0 Å². The summed E-state index contributed by atoms with van der Waals surface area (Å²) in [6, 6.07) is 0. The van der Waals surface area contributed by atoms with E-state index in [0.717, 1.165) is 6.29 Å². The minimum atomic E-state index is -0.841. The van der Waals surface area contributed by atoms with Crippen LogP contribution in [0.25, 0.3) is 0 Å².